The molecule has 0 saturated heterocycles. The van der Waals surface area contributed by atoms with Gasteiger partial charge < -0.3 is 10.5 Å². The van der Waals surface area contributed by atoms with Crippen LogP contribution in [-0.2, 0) is 0 Å². The highest BCUT2D eigenvalue weighted by Crippen LogP contribution is 2.31. The summed E-state index contributed by atoms with van der Waals surface area (Å²) in [6.07, 6.45) is 4.85. The van der Waals surface area contributed by atoms with Crippen LogP contribution in [0.1, 0.15) is 39.0 Å². The van der Waals surface area contributed by atoms with Crippen LogP contribution in [0.3, 0.4) is 0 Å². The maximum Gasteiger partial charge on any atom is 0.200 e. The zero-order valence-corrected chi connectivity index (χ0v) is 11.2. The lowest BCUT2D eigenvalue weighted by atomic mass is 9.82. The first-order valence-corrected chi connectivity index (χ1v) is 6.98. The van der Waals surface area contributed by atoms with Crippen molar-refractivity contribution in [1.82, 2.24) is 0 Å². The molecule has 0 aliphatic heterocycles. The van der Waals surface area contributed by atoms with Gasteiger partial charge in [-0.25, -0.2) is 4.39 Å². The van der Waals surface area contributed by atoms with Gasteiger partial charge in [-0.05, 0) is 37.3 Å². The number of benzene rings is 1. The van der Waals surface area contributed by atoms with Crippen molar-refractivity contribution in [2.75, 3.05) is 0 Å². The Morgan fingerprint density at radius 3 is 2.84 bits per heavy atom. The first-order valence-electron chi connectivity index (χ1n) is 6.98. The zero-order chi connectivity index (χ0) is 13.8. The molecule has 1 aliphatic rings. The van der Waals surface area contributed by atoms with Gasteiger partial charge in [0, 0.05) is 6.04 Å². The quantitative estimate of drug-likeness (QED) is 0.905. The van der Waals surface area contributed by atoms with Crippen molar-refractivity contribution in [3.8, 4) is 5.75 Å². The number of hydrogen-bond acceptors (Lipinski definition) is 2. The van der Waals surface area contributed by atoms with Crippen LogP contribution in [0.4, 0.5) is 8.78 Å². The Morgan fingerprint density at radius 2 is 2.11 bits per heavy atom. The smallest absolute Gasteiger partial charge is 0.200 e. The van der Waals surface area contributed by atoms with Gasteiger partial charge in [0.25, 0.3) is 0 Å². The fourth-order valence-corrected chi connectivity index (χ4v) is 2.78. The van der Waals surface area contributed by atoms with Gasteiger partial charge in [0.15, 0.2) is 11.6 Å². The lowest BCUT2D eigenvalue weighted by Gasteiger charge is -2.34. The van der Waals surface area contributed by atoms with Crippen LogP contribution in [-0.4, -0.2) is 12.1 Å². The first kappa shape index (κ1) is 14.3. The highest BCUT2D eigenvalue weighted by Gasteiger charge is 2.30. The van der Waals surface area contributed by atoms with Crippen molar-refractivity contribution in [2.24, 2.45) is 11.7 Å². The molecule has 1 aliphatic carbocycles. The Kier molecular flexibility index (Phi) is 4.75. The van der Waals surface area contributed by atoms with E-state index in [9.17, 15) is 8.78 Å². The number of nitrogens with two attached hydrogens (primary N) is 1. The predicted octanol–water partition coefficient (Wildman–Crippen LogP) is 3.64. The van der Waals surface area contributed by atoms with E-state index in [2.05, 4.69) is 6.92 Å². The van der Waals surface area contributed by atoms with Crippen LogP contribution < -0.4 is 10.5 Å². The van der Waals surface area contributed by atoms with Crippen LogP contribution in [0.5, 0.6) is 5.75 Å². The normalized spacial score (nSPS) is 27.3. The molecule has 2 N–H and O–H groups in total. The van der Waals surface area contributed by atoms with Gasteiger partial charge in [0.1, 0.15) is 6.10 Å². The summed E-state index contributed by atoms with van der Waals surface area (Å²) in [5.41, 5.74) is 6.03. The predicted molar refractivity (Wildman–Crippen MR) is 71.0 cm³/mol. The second kappa shape index (κ2) is 6.33. The number of ether oxygens (including phenoxy) is 1. The number of hydrogen-bond donors (Lipinski definition) is 1. The standard InChI is InChI=1S/C15H21F2NO/c1-2-4-10-7-8-12(18)14(9-10)19-13-6-3-5-11(16)15(13)17/h3,5-6,10,12,14H,2,4,7-9,18H2,1H3. The van der Waals surface area contributed by atoms with Crippen molar-refractivity contribution in [1.29, 1.82) is 0 Å². The molecule has 19 heavy (non-hydrogen) atoms. The summed E-state index contributed by atoms with van der Waals surface area (Å²) in [6.45, 7) is 2.15. The molecular formula is C15H21F2NO. The topological polar surface area (TPSA) is 35.2 Å². The molecule has 1 aromatic carbocycles. The van der Waals surface area contributed by atoms with E-state index >= 15 is 0 Å². The lowest BCUT2D eigenvalue weighted by Crippen LogP contribution is -2.44. The van der Waals surface area contributed by atoms with Crippen LogP contribution in [0.25, 0.3) is 0 Å². The summed E-state index contributed by atoms with van der Waals surface area (Å²) in [7, 11) is 0. The summed E-state index contributed by atoms with van der Waals surface area (Å²) in [5.74, 6) is -1.26. The average molecular weight is 269 g/mol. The minimum absolute atomic E-state index is 0.0300. The summed E-state index contributed by atoms with van der Waals surface area (Å²) < 4.78 is 32.3. The Hall–Kier alpha value is -1.16. The van der Waals surface area contributed by atoms with E-state index in [4.69, 9.17) is 10.5 Å². The first-order chi connectivity index (χ1) is 9.11. The molecule has 0 bridgehead atoms. The van der Waals surface area contributed by atoms with E-state index in [1.54, 1.807) is 0 Å². The van der Waals surface area contributed by atoms with Crippen molar-refractivity contribution >= 4 is 0 Å². The van der Waals surface area contributed by atoms with E-state index in [-0.39, 0.29) is 17.9 Å². The minimum atomic E-state index is -0.924. The molecule has 0 spiro atoms. The van der Waals surface area contributed by atoms with Crippen molar-refractivity contribution in [3.63, 3.8) is 0 Å². The third-order valence-corrected chi connectivity index (χ3v) is 3.84. The third-order valence-electron chi connectivity index (χ3n) is 3.84. The van der Waals surface area contributed by atoms with Gasteiger partial charge in [0.05, 0.1) is 0 Å². The summed E-state index contributed by atoms with van der Waals surface area (Å²) in [4.78, 5) is 0. The van der Waals surface area contributed by atoms with Gasteiger partial charge >= 0.3 is 0 Å². The van der Waals surface area contributed by atoms with Gasteiger partial charge in [-0.1, -0.05) is 25.8 Å². The fourth-order valence-electron chi connectivity index (χ4n) is 2.78. The molecule has 1 fully saturated rings. The maximum absolute atomic E-state index is 13.6. The van der Waals surface area contributed by atoms with Gasteiger partial charge in [0.2, 0.25) is 5.82 Å². The largest absolute Gasteiger partial charge is 0.486 e. The summed E-state index contributed by atoms with van der Waals surface area (Å²) >= 11 is 0. The summed E-state index contributed by atoms with van der Waals surface area (Å²) in [5, 5.41) is 0. The molecule has 2 nitrogen and oxygen atoms in total. The molecule has 106 valence electrons. The molecule has 4 heteroatoms. The zero-order valence-electron chi connectivity index (χ0n) is 11.2. The molecule has 0 radical (unpaired) electrons. The van der Waals surface area contributed by atoms with Crippen molar-refractivity contribution in [2.45, 2.75) is 51.2 Å². The molecule has 0 amide bonds. The second-order valence-corrected chi connectivity index (χ2v) is 5.34. The van der Waals surface area contributed by atoms with Crippen LogP contribution in [0.2, 0.25) is 0 Å². The lowest BCUT2D eigenvalue weighted by molar-refractivity contribution is 0.0945. The van der Waals surface area contributed by atoms with Crippen LogP contribution in [0, 0.1) is 17.6 Å². The maximum atomic E-state index is 13.6. The average Bonchev–Trinajstić information content (AvgIpc) is 2.39. The Labute approximate surface area is 112 Å². The molecule has 1 aromatic rings. The molecule has 1 saturated carbocycles. The van der Waals surface area contributed by atoms with E-state index in [1.807, 2.05) is 0 Å². The fraction of sp³-hybridized carbons (Fsp3) is 0.600. The highest BCUT2D eigenvalue weighted by atomic mass is 19.2. The molecule has 2 rings (SSSR count). The van der Waals surface area contributed by atoms with Crippen LogP contribution >= 0.6 is 0 Å². The molecule has 0 heterocycles. The third kappa shape index (κ3) is 3.44. The SMILES string of the molecule is CCCC1CCC(N)C(Oc2cccc(F)c2F)C1. The number of rotatable bonds is 4. The minimum Gasteiger partial charge on any atom is -0.486 e. The van der Waals surface area contributed by atoms with E-state index < -0.39 is 11.6 Å². The molecular weight excluding hydrogens is 248 g/mol. The Bertz CT molecular complexity index is 425. The highest BCUT2D eigenvalue weighted by molar-refractivity contribution is 5.25. The van der Waals surface area contributed by atoms with E-state index in [0.717, 1.165) is 38.2 Å². The molecule has 0 aromatic heterocycles. The van der Waals surface area contributed by atoms with Gasteiger partial charge in [-0.15, -0.1) is 0 Å². The summed E-state index contributed by atoms with van der Waals surface area (Å²) in [6, 6.07) is 3.89. The Balaban J connectivity index is 2.05. The van der Waals surface area contributed by atoms with Crippen LogP contribution in [0.15, 0.2) is 18.2 Å². The molecule has 3 atom stereocenters. The second-order valence-electron chi connectivity index (χ2n) is 5.34. The monoisotopic (exact) mass is 269 g/mol. The van der Waals surface area contributed by atoms with Gasteiger partial charge in [-0.2, -0.15) is 4.39 Å². The Morgan fingerprint density at radius 1 is 1.32 bits per heavy atom. The van der Waals surface area contributed by atoms with E-state index in [0.29, 0.717) is 5.92 Å². The molecule has 3 unspecified atom stereocenters. The van der Waals surface area contributed by atoms with E-state index in [1.165, 1.54) is 12.1 Å². The van der Waals surface area contributed by atoms with Crippen molar-refractivity contribution < 1.29 is 13.5 Å². The number of halogens is 2. The van der Waals surface area contributed by atoms with Gasteiger partial charge in [-0.3, -0.25) is 0 Å². The van der Waals surface area contributed by atoms with Crippen molar-refractivity contribution in [3.05, 3.63) is 29.8 Å².